The number of benzene rings is 1. The fourth-order valence-corrected chi connectivity index (χ4v) is 3.46. The van der Waals surface area contributed by atoms with Gasteiger partial charge in [-0.05, 0) is 49.0 Å². The number of hydrogen-bond donors (Lipinski definition) is 1. The number of carbonyl (C=O) groups excluding carboxylic acids is 1. The average molecular weight is 243 g/mol. The molecule has 1 aliphatic carbocycles. The molecular weight excluding hydrogens is 222 g/mol. The first-order valence-corrected chi connectivity index (χ1v) is 7.01. The van der Waals surface area contributed by atoms with E-state index < -0.39 is 0 Å². The monoisotopic (exact) mass is 243 g/mol. The Bertz CT molecular complexity index is 484. The highest BCUT2D eigenvalue weighted by molar-refractivity contribution is 6.02. The van der Waals surface area contributed by atoms with Crippen LogP contribution >= 0.6 is 0 Å². The summed E-state index contributed by atoms with van der Waals surface area (Å²) in [7, 11) is 0. The van der Waals surface area contributed by atoms with Crippen LogP contribution in [0.3, 0.4) is 0 Å². The third kappa shape index (κ3) is 1.71. The van der Waals surface area contributed by atoms with E-state index in [4.69, 9.17) is 0 Å². The lowest BCUT2D eigenvalue weighted by Crippen LogP contribution is -2.38. The predicted molar refractivity (Wildman–Crippen MR) is 73.3 cm³/mol. The minimum absolute atomic E-state index is 0.146. The Morgan fingerprint density at radius 1 is 1.22 bits per heavy atom. The molecule has 1 heterocycles. The van der Waals surface area contributed by atoms with Crippen LogP contribution < -0.4 is 5.32 Å². The lowest BCUT2D eigenvalue weighted by molar-refractivity contribution is 0.0964. The van der Waals surface area contributed by atoms with Gasteiger partial charge >= 0.3 is 0 Å². The molecule has 18 heavy (non-hydrogen) atoms. The summed E-state index contributed by atoms with van der Waals surface area (Å²) in [5.41, 5.74) is 3.75. The first-order chi connectivity index (χ1) is 8.62. The van der Waals surface area contributed by atoms with E-state index in [0.717, 1.165) is 37.9 Å². The van der Waals surface area contributed by atoms with Crippen molar-refractivity contribution in [3.8, 4) is 0 Å². The maximum atomic E-state index is 12.3. The number of piperidine rings is 1. The Kier molecular flexibility index (Phi) is 2.78. The highest BCUT2D eigenvalue weighted by atomic mass is 16.1. The van der Waals surface area contributed by atoms with Crippen LogP contribution in [0.2, 0.25) is 0 Å². The van der Waals surface area contributed by atoms with Crippen LogP contribution in [-0.2, 0) is 5.41 Å². The van der Waals surface area contributed by atoms with Crippen molar-refractivity contribution in [1.29, 1.82) is 0 Å². The van der Waals surface area contributed by atoms with Gasteiger partial charge in [-0.15, -0.1) is 0 Å². The van der Waals surface area contributed by atoms with E-state index in [1.54, 1.807) is 0 Å². The molecule has 2 nitrogen and oxygen atoms in total. The molecule has 2 aliphatic rings. The van der Waals surface area contributed by atoms with Crippen molar-refractivity contribution < 1.29 is 4.79 Å². The van der Waals surface area contributed by atoms with E-state index in [2.05, 4.69) is 37.4 Å². The van der Waals surface area contributed by atoms with Gasteiger partial charge in [0.15, 0.2) is 5.78 Å². The molecule has 0 amide bonds. The zero-order valence-electron chi connectivity index (χ0n) is 11.3. The summed E-state index contributed by atoms with van der Waals surface area (Å²) < 4.78 is 0. The van der Waals surface area contributed by atoms with Crippen LogP contribution in [0.1, 0.15) is 60.5 Å². The second kappa shape index (κ2) is 4.20. The molecule has 0 saturated carbocycles. The predicted octanol–water partition coefficient (Wildman–Crippen LogP) is 3.02. The van der Waals surface area contributed by atoms with Crippen molar-refractivity contribution in [3.63, 3.8) is 0 Å². The molecule has 0 radical (unpaired) electrons. The highest BCUT2D eigenvalue weighted by Gasteiger charge is 2.43. The molecule has 1 aliphatic heterocycles. The maximum Gasteiger partial charge on any atom is 0.164 e. The standard InChI is InChI=1S/C16H21NO/c1-11(2)12-3-4-14-13(9-12)15(18)10-16(14)5-7-17-8-6-16/h3-4,9,11,17H,5-8,10H2,1-2H3. The van der Waals surface area contributed by atoms with Gasteiger partial charge in [-0.1, -0.05) is 26.0 Å². The third-order valence-electron chi connectivity index (χ3n) is 4.64. The van der Waals surface area contributed by atoms with Gasteiger partial charge in [0.1, 0.15) is 0 Å². The summed E-state index contributed by atoms with van der Waals surface area (Å²) >= 11 is 0. The molecule has 0 unspecified atom stereocenters. The van der Waals surface area contributed by atoms with Gasteiger partial charge in [-0.2, -0.15) is 0 Å². The highest BCUT2D eigenvalue weighted by Crippen LogP contribution is 2.45. The number of rotatable bonds is 1. The van der Waals surface area contributed by atoms with Crippen molar-refractivity contribution in [1.82, 2.24) is 5.32 Å². The van der Waals surface area contributed by atoms with Gasteiger partial charge in [0.05, 0.1) is 0 Å². The largest absolute Gasteiger partial charge is 0.317 e. The van der Waals surface area contributed by atoms with Crippen LogP contribution in [0.4, 0.5) is 0 Å². The van der Waals surface area contributed by atoms with Gasteiger partial charge in [0.2, 0.25) is 0 Å². The number of fused-ring (bicyclic) bond motifs is 2. The summed E-state index contributed by atoms with van der Waals surface area (Å²) in [6.45, 7) is 6.44. The smallest absolute Gasteiger partial charge is 0.164 e. The topological polar surface area (TPSA) is 29.1 Å². The summed E-state index contributed by atoms with van der Waals surface area (Å²) in [5.74, 6) is 0.849. The van der Waals surface area contributed by atoms with Crippen molar-refractivity contribution in [3.05, 3.63) is 34.9 Å². The minimum Gasteiger partial charge on any atom is -0.317 e. The molecule has 2 heteroatoms. The maximum absolute atomic E-state index is 12.3. The SMILES string of the molecule is CC(C)c1ccc2c(c1)C(=O)CC21CCNCC1. The van der Waals surface area contributed by atoms with E-state index in [-0.39, 0.29) is 5.41 Å². The van der Waals surface area contributed by atoms with Crippen molar-refractivity contribution >= 4 is 5.78 Å². The molecular formula is C16H21NO. The van der Waals surface area contributed by atoms with Crippen LogP contribution in [-0.4, -0.2) is 18.9 Å². The minimum atomic E-state index is 0.146. The Morgan fingerprint density at radius 2 is 1.94 bits per heavy atom. The van der Waals surface area contributed by atoms with E-state index in [1.807, 2.05) is 0 Å². The Morgan fingerprint density at radius 3 is 2.61 bits per heavy atom. The van der Waals surface area contributed by atoms with Gasteiger partial charge in [0, 0.05) is 17.4 Å². The lowest BCUT2D eigenvalue weighted by Gasteiger charge is -2.34. The van der Waals surface area contributed by atoms with E-state index in [0.29, 0.717) is 11.7 Å². The molecule has 1 fully saturated rings. The molecule has 1 saturated heterocycles. The molecule has 1 aromatic carbocycles. The number of Topliss-reactive ketones (excluding diaryl/α,β-unsaturated/α-hetero) is 1. The summed E-state index contributed by atoms with van der Waals surface area (Å²) in [6, 6.07) is 6.58. The average Bonchev–Trinajstić information content (AvgIpc) is 2.63. The fraction of sp³-hybridized carbons (Fsp3) is 0.562. The number of nitrogens with one attached hydrogen (secondary N) is 1. The van der Waals surface area contributed by atoms with E-state index in [1.165, 1.54) is 11.1 Å². The molecule has 1 N–H and O–H groups in total. The number of hydrogen-bond acceptors (Lipinski definition) is 2. The molecule has 0 bridgehead atoms. The normalized spacial score (nSPS) is 21.6. The molecule has 0 atom stereocenters. The molecule has 1 spiro atoms. The third-order valence-corrected chi connectivity index (χ3v) is 4.64. The summed E-state index contributed by atoms with van der Waals surface area (Å²) in [6.07, 6.45) is 2.94. The Hall–Kier alpha value is -1.15. The van der Waals surface area contributed by atoms with Gasteiger partial charge in [0.25, 0.3) is 0 Å². The summed E-state index contributed by atoms with van der Waals surface area (Å²) in [5, 5.41) is 3.40. The van der Waals surface area contributed by atoms with Crippen molar-refractivity contribution in [2.75, 3.05) is 13.1 Å². The first kappa shape index (κ1) is 11.9. The second-order valence-electron chi connectivity index (χ2n) is 6.09. The lowest BCUT2D eigenvalue weighted by atomic mass is 9.74. The van der Waals surface area contributed by atoms with E-state index in [9.17, 15) is 4.79 Å². The molecule has 3 rings (SSSR count). The molecule has 0 aromatic heterocycles. The number of carbonyl (C=O) groups is 1. The Labute approximate surface area is 109 Å². The quantitative estimate of drug-likeness (QED) is 0.821. The summed E-state index contributed by atoms with van der Waals surface area (Å²) in [4.78, 5) is 12.3. The van der Waals surface area contributed by atoms with Crippen LogP contribution in [0.5, 0.6) is 0 Å². The molecule has 1 aromatic rings. The fourth-order valence-electron chi connectivity index (χ4n) is 3.46. The van der Waals surface area contributed by atoms with E-state index >= 15 is 0 Å². The first-order valence-electron chi connectivity index (χ1n) is 7.01. The van der Waals surface area contributed by atoms with Gasteiger partial charge in [-0.3, -0.25) is 4.79 Å². The van der Waals surface area contributed by atoms with Gasteiger partial charge in [-0.25, -0.2) is 0 Å². The van der Waals surface area contributed by atoms with Crippen LogP contribution in [0.15, 0.2) is 18.2 Å². The zero-order chi connectivity index (χ0) is 12.8. The zero-order valence-corrected chi connectivity index (χ0v) is 11.3. The van der Waals surface area contributed by atoms with Crippen LogP contribution in [0.25, 0.3) is 0 Å². The van der Waals surface area contributed by atoms with Gasteiger partial charge < -0.3 is 5.32 Å². The number of ketones is 1. The second-order valence-corrected chi connectivity index (χ2v) is 6.09. The Balaban J connectivity index is 2.06. The van der Waals surface area contributed by atoms with Crippen molar-refractivity contribution in [2.45, 2.75) is 44.4 Å². The van der Waals surface area contributed by atoms with Crippen LogP contribution in [0, 0.1) is 0 Å². The molecule has 96 valence electrons. The van der Waals surface area contributed by atoms with Crippen molar-refractivity contribution in [2.24, 2.45) is 0 Å².